The van der Waals surface area contributed by atoms with Crippen LogP contribution in [0.15, 0.2) is 24.3 Å². The first kappa shape index (κ1) is 72.8. The summed E-state index contributed by atoms with van der Waals surface area (Å²) in [6, 6.07) is 0. The zero-order valence-electron chi connectivity index (χ0n) is 50.4. The second-order valence-electron chi connectivity index (χ2n) is 23.4. The Bertz CT molecular complexity index is 1280. The van der Waals surface area contributed by atoms with Crippen LogP contribution in [-0.2, 0) is 33.3 Å². The molecule has 0 heterocycles. The molecule has 2 atom stereocenters. The third-order valence-corrected chi connectivity index (χ3v) is 14.7. The third kappa shape index (κ3) is 59.3. The number of carbonyl (C=O) groups is 3. The average Bonchev–Trinajstić information content (AvgIpc) is 3.38. The van der Waals surface area contributed by atoms with Crippen molar-refractivity contribution in [1.29, 1.82) is 0 Å². The van der Waals surface area contributed by atoms with E-state index >= 15 is 0 Å². The summed E-state index contributed by atoms with van der Waals surface area (Å²) in [5.41, 5.74) is 0. The highest BCUT2D eigenvalue weighted by Gasteiger charge is 2.22. The number of allylic oxidation sites excluding steroid dienone is 4. The lowest BCUT2D eigenvalue weighted by molar-refractivity contribution is -0.870. The SMILES string of the molecule is CCCCCCCC/C=C\CCCCCCCCCC(=O)OCC(COC(OCC[N+](C)(C)C)C(=O)[O-])OC(=O)CCCCCCCCCCCCCCCCCCCCCCC/C=C\CCCCCCCCCC. The van der Waals surface area contributed by atoms with E-state index in [1.807, 2.05) is 21.1 Å². The number of likely N-dealkylation sites (N-methyl/N-ethyl adjacent to an activating group) is 1. The maximum absolute atomic E-state index is 12.9. The number of quaternary nitrogens is 1. The Morgan fingerprint density at radius 2 is 0.680 bits per heavy atom. The third-order valence-electron chi connectivity index (χ3n) is 14.7. The summed E-state index contributed by atoms with van der Waals surface area (Å²) in [4.78, 5) is 37.3. The van der Waals surface area contributed by atoms with E-state index in [1.54, 1.807) is 0 Å². The van der Waals surface area contributed by atoms with Gasteiger partial charge in [0.1, 0.15) is 13.2 Å². The molecular weight excluding hydrogens is 935 g/mol. The van der Waals surface area contributed by atoms with E-state index in [-0.39, 0.29) is 32.2 Å². The lowest BCUT2D eigenvalue weighted by atomic mass is 10.0. The average molecular weight is 1060 g/mol. The van der Waals surface area contributed by atoms with Gasteiger partial charge in [0, 0.05) is 12.8 Å². The van der Waals surface area contributed by atoms with Gasteiger partial charge in [0.05, 0.1) is 40.3 Å². The molecule has 2 unspecified atom stereocenters. The highest BCUT2D eigenvalue weighted by molar-refractivity contribution is 5.70. The highest BCUT2D eigenvalue weighted by atomic mass is 16.7. The summed E-state index contributed by atoms with van der Waals surface area (Å²) in [6.45, 7) is 4.79. The van der Waals surface area contributed by atoms with Gasteiger partial charge in [0.2, 0.25) is 0 Å². The first-order valence-corrected chi connectivity index (χ1v) is 32.5. The normalized spacial score (nSPS) is 12.8. The van der Waals surface area contributed by atoms with Crippen LogP contribution < -0.4 is 5.11 Å². The summed E-state index contributed by atoms with van der Waals surface area (Å²) in [7, 11) is 5.93. The number of nitrogens with zero attached hydrogens (tertiary/aromatic N) is 1. The lowest BCUT2D eigenvalue weighted by Crippen LogP contribution is -2.44. The standard InChI is InChI=1S/C66H125NO8/c1-6-8-10-12-14-16-18-20-22-24-25-26-27-28-29-30-31-32-33-34-35-36-37-38-39-41-43-45-47-49-51-53-55-57-64(69)75-62(61-74-66(65(70)71)72-59-58-67(3,4)5)60-73-63(68)56-54-52-50-48-46-44-42-40-23-21-19-17-15-13-11-9-7-2/h21,23-25,62,66H,6-20,22,26-61H2,1-5H3/b23-21-,25-24-. The number of hydrogen-bond acceptors (Lipinski definition) is 8. The molecule has 0 spiro atoms. The van der Waals surface area contributed by atoms with E-state index in [0.717, 1.165) is 38.5 Å². The summed E-state index contributed by atoms with van der Waals surface area (Å²) < 4.78 is 22.7. The maximum atomic E-state index is 12.9. The number of carbonyl (C=O) groups excluding carboxylic acids is 3. The van der Waals surface area contributed by atoms with Gasteiger partial charge in [0.15, 0.2) is 12.4 Å². The molecule has 0 bridgehead atoms. The van der Waals surface area contributed by atoms with Crippen molar-refractivity contribution in [3.8, 4) is 0 Å². The molecule has 0 fully saturated rings. The quantitative estimate of drug-likeness (QED) is 0.0195. The molecule has 0 radical (unpaired) electrons. The van der Waals surface area contributed by atoms with Crippen LogP contribution in [0.3, 0.4) is 0 Å². The van der Waals surface area contributed by atoms with E-state index in [0.29, 0.717) is 17.4 Å². The second-order valence-corrected chi connectivity index (χ2v) is 23.4. The molecule has 0 saturated carbocycles. The fourth-order valence-corrected chi connectivity index (χ4v) is 9.65. The monoisotopic (exact) mass is 1060 g/mol. The maximum Gasteiger partial charge on any atom is 0.306 e. The van der Waals surface area contributed by atoms with Gasteiger partial charge in [-0.3, -0.25) is 9.59 Å². The van der Waals surface area contributed by atoms with Gasteiger partial charge in [0.25, 0.3) is 0 Å². The van der Waals surface area contributed by atoms with Crippen molar-refractivity contribution in [1.82, 2.24) is 0 Å². The Morgan fingerprint density at radius 3 is 0.987 bits per heavy atom. The Kier molecular flexibility index (Phi) is 56.2. The van der Waals surface area contributed by atoms with Gasteiger partial charge in [-0.05, 0) is 64.2 Å². The van der Waals surface area contributed by atoms with E-state index in [1.165, 1.54) is 257 Å². The molecule has 0 rings (SSSR count). The molecule has 442 valence electrons. The smallest absolute Gasteiger partial charge is 0.306 e. The molecular formula is C66H125NO8. The zero-order chi connectivity index (χ0) is 54.8. The first-order chi connectivity index (χ1) is 36.6. The van der Waals surface area contributed by atoms with Crippen molar-refractivity contribution >= 4 is 17.9 Å². The molecule has 0 aromatic carbocycles. The lowest BCUT2D eigenvalue weighted by Gasteiger charge is -2.26. The molecule has 0 aliphatic rings. The fourth-order valence-electron chi connectivity index (χ4n) is 9.65. The van der Waals surface area contributed by atoms with Gasteiger partial charge in [-0.25, -0.2) is 0 Å². The molecule has 0 aromatic heterocycles. The van der Waals surface area contributed by atoms with Crippen LogP contribution in [0.4, 0.5) is 0 Å². The van der Waals surface area contributed by atoms with Crippen molar-refractivity contribution in [2.24, 2.45) is 0 Å². The van der Waals surface area contributed by atoms with E-state index < -0.39 is 24.3 Å². The Balaban J connectivity index is 4.05. The van der Waals surface area contributed by atoms with E-state index in [9.17, 15) is 19.5 Å². The Morgan fingerprint density at radius 1 is 0.387 bits per heavy atom. The predicted octanol–water partition coefficient (Wildman–Crippen LogP) is 18.1. The Hall–Kier alpha value is -2.23. The van der Waals surface area contributed by atoms with Gasteiger partial charge < -0.3 is 33.3 Å². The largest absolute Gasteiger partial charge is 0.545 e. The predicted molar refractivity (Wildman–Crippen MR) is 316 cm³/mol. The minimum absolute atomic E-state index is 0.150. The zero-order valence-corrected chi connectivity index (χ0v) is 50.4. The number of rotatable bonds is 61. The van der Waals surface area contributed by atoms with Crippen molar-refractivity contribution < 1.29 is 42.9 Å². The van der Waals surface area contributed by atoms with Crippen LogP contribution in [0, 0.1) is 0 Å². The molecule has 0 amide bonds. The number of hydrogen-bond donors (Lipinski definition) is 0. The minimum Gasteiger partial charge on any atom is -0.545 e. The molecule has 9 nitrogen and oxygen atoms in total. The van der Waals surface area contributed by atoms with Crippen LogP contribution in [0.25, 0.3) is 0 Å². The number of carboxylic acid groups (broad SMARTS) is 1. The first-order valence-electron chi connectivity index (χ1n) is 32.5. The van der Waals surface area contributed by atoms with Crippen molar-refractivity contribution in [3.63, 3.8) is 0 Å². The van der Waals surface area contributed by atoms with Crippen molar-refractivity contribution in [3.05, 3.63) is 24.3 Å². The number of esters is 2. The van der Waals surface area contributed by atoms with Crippen molar-refractivity contribution in [2.45, 2.75) is 334 Å². The summed E-state index contributed by atoms with van der Waals surface area (Å²) in [6.07, 6.45) is 66.8. The van der Waals surface area contributed by atoms with Crippen LogP contribution in [0.5, 0.6) is 0 Å². The number of unbranched alkanes of at least 4 members (excludes halogenated alkanes) is 42. The van der Waals surface area contributed by atoms with Crippen molar-refractivity contribution in [2.75, 3.05) is 47.5 Å². The van der Waals surface area contributed by atoms with Crippen LogP contribution >= 0.6 is 0 Å². The van der Waals surface area contributed by atoms with Gasteiger partial charge in [-0.1, -0.05) is 269 Å². The highest BCUT2D eigenvalue weighted by Crippen LogP contribution is 2.18. The number of aliphatic carboxylic acids is 1. The number of carboxylic acids is 1. The second kappa shape index (κ2) is 57.9. The molecule has 0 saturated heterocycles. The Labute approximate surface area is 465 Å². The molecule has 0 N–H and O–H groups in total. The number of ether oxygens (including phenoxy) is 4. The summed E-state index contributed by atoms with van der Waals surface area (Å²) in [5.74, 6) is -2.27. The minimum atomic E-state index is -1.62. The topological polar surface area (TPSA) is 111 Å². The molecule has 75 heavy (non-hydrogen) atoms. The van der Waals surface area contributed by atoms with E-state index in [4.69, 9.17) is 18.9 Å². The molecule has 9 heteroatoms. The molecule has 0 aliphatic carbocycles. The molecule has 0 aromatic rings. The molecule has 0 aliphatic heterocycles. The van der Waals surface area contributed by atoms with Gasteiger partial charge >= 0.3 is 11.9 Å². The van der Waals surface area contributed by atoms with Crippen LogP contribution in [-0.4, -0.2) is 82.3 Å². The van der Waals surface area contributed by atoms with E-state index in [2.05, 4.69) is 38.2 Å². The van der Waals surface area contributed by atoms with Gasteiger partial charge in [-0.2, -0.15) is 0 Å². The van der Waals surface area contributed by atoms with Gasteiger partial charge in [-0.15, -0.1) is 0 Å². The fraction of sp³-hybridized carbons (Fsp3) is 0.894. The summed E-state index contributed by atoms with van der Waals surface area (Å²) in [5, 5.41) is 11.8. The summed E-state index contributed by atoms with van der Waals surface area (Å²) >= 11 is 0. The van der Waals surface area contributed by atoms with Crippen LogP contribution in [0.1, 0.15) is 322 Å². The van der Waals surface area contributed by atoms with Crippen LogP contribution in [0.2, 0.25) is 0 Å².